The molecular weight excluding hydrogens is 301 g/mol. The lowest BCUT2D eigenvalue weighted by atomic mass is 9.74. The Labute approximate surface area is 135 Å². The van der Waals surface area contributed by atoms with Crippen molar-refractivity contribution in [3.8, 4) is 5.75 Å². The van der Waals surface area contributed by atoms with Crippen molar-refractivity contribution in [3.05, 3.63) is 29.6 Å². The van der Waals surface area contributed by atoms with Crippen molar-refractivity contribution in [2.45, 2.75) is 38.8 Å². The first-order chi connectivity index (χ1) is 10.9. The molecule has 0 amide bonds. The Morgan fingerprint density at radius 1 is 1.52 bits per heavy atom. The summed E-state index contributed by atoms with van der Waals surface area (Å²) in [6.45, 7) is 2.96. The maximum atomic E-state index is 14.3. The highest BCUT2D eigenvalue weighted by Crippen LogP contribution is 2.36. The van der Waals surface area contributed by atoms with Gasteiger partial charge < -0.3 is 14.9 Å². The third kappa shape index (κ3) is 3.48. The first kappa shape index (κ1) is 17.7. The summed E-state index contributed by atoms with van der Waals surface area (Å²) in [5, 5.41) is 19.9. The molecular formula is C17H24FNO4. The summed E-state index contributed by atoms with van der Waals surface area (Å²) >= 11 is 0. The van der Waals surface area contributed by atoms with E-state index in [2.05, 4.69) is 0 Å². The fourth-order valence-corrected chi connectivity index (χ4v) is 3.39. The Bertz CT molecular complexity index is 566. The van der Waals surface area contributed by atoms with Gasteiger partial charge in [-0.05, 0) is 18.9 Å². The second-order valence-electron chi connectivity index (χ2n) is 6.16. The van der Waals surface area contributed by atoms with Crippen molar-refractivity contribution in [1.82, 2.24) is 4.90 Å². The summed E-state index contributed by atoms with van der Waals surface area (Å²) in [6, 6.07) is 4.94. The molecule has 0 radical (unpaired) electrons. The Morgan fingerprint density at radius 2 is 2.26 bits per heavy atom. The molecule has 1 aliphatic heterocycles. The number of rotatable bonds is 6. The lowest BCUT2D eigenvalue weighted by molar-refractivity contribution is -0.164. The Morgan fingerprint density at radius 3 is 2.87 bits per heavy atom. The number of aliphatic carboxylic acids is 1. The van der Waals surface area contributed by atoms with Crippen LogP contribution in [0.15, 0.2) is 18.2 Å². The van der Waals surface area contributed by atoms with Gasteiger partial charge in [0.15, 0.2) is 11.6 Å². The number of likely N-dealkylation sites (tertiary alicyclic amines) is 1. The van der Waals surface area contributed by atoms with Gasteiger partial charge >= 0.3 is 5.97 Å². The van der Waals surface area contributed by atoms with E-state index in [1.807, 2.05) is 11.8 Å². The average Bonchev–Trinajstić information content (AvgIpc) is 2.52. The number of aliphatic hydroxyl groups excluding tert-OH is 1. The van der Waals surface area contributed by atoms with E-state index in [0.29, 0.717) is 37.9 Å². The van der Waals surface area contributed by atoms with Crippen LogP contribution in [0.2, 0.25) is 0 Å². The molecule has 1 aliphatic rings. The Balaban J connectivity index is 2.20. The monoisotopic (exact) mass is 325 g/mol. The fraction of sp³-hybridized carbons (Fsp3) is 0.588. The van der Waals surface area contributed by atoms with Crippen molar-refractivity contribution < 1.29 is 24.1 Å². The van der Waals surface area contributed by atoms with Crippen LogP contribution < -0.4 is 4.74 Å². The molecule has 1 heterocycles. The van der Waals surface area contributed by atoms with Crippen molar-refractivity contribution in [1.29, 1.82) is 0 Å². The van der Waals surface area contributed by atoms with Crippen LogP contribution in [-0.2, 0) is 11.3 Å². The minimum atomic E-state index is -1.18. The van der Waals surface area contributed by atoms with E-state index in [4.69, 9.17) is 4.74 Å². The zero-order valence-corrected chi connectivity index (χ0v) is 13.6. The predicted molar refractivity (Wildman–Crippen MR) is 83.8 cm³/mol. The van der Waals surface area contributed by atoms with Gasteiger partial charge in [-0.15, -0.1) is 0 Å². The molecule has 0 bridgehead atoms. The van der Waals surface area contributed by atoms with Gasteiger partial charge in [-0.2, -0.15) is 0 Å². The largest absolute Gasteiger partial charge is 0.494 e. The molecule has 1 aromatic rings. The minimum absolute atomic E-state index is 0.178. The molecule has 2 atom stereocenters. The number of methoxy groups -OCH3 is 1. The third-order valence-corrected chi connectivity index (χ3v) is 4.64. The van der Waals surface area contributed by atoms with E-state index in [9.17, 15) is 19.4 Å². The number of hydrogen-bond donors (Lipinski definition) is 2. The third-order valence-electron chi connectivity index (χ3n) is 4.64. The second-order valence-corrected chi connectivity index (χ2v) is 6.16. The number of carboxylic acids is 1. The normalized spacial score (nSPS) is 25.3. The predicted octanol–water partition coefficient (Wildman–Crippen LogP) is 2.27. The van der Waals surface area contributed by atoms with Gasteiger partial charge in [0.05, 0.1) is 13.2 Å². The van der Waals surface area contributed by atoms with Gasteiger partial charge in [0.25, 0.3) is 0 Å². The summed E-state index contributed by atoms with van der Waals surface area (Å²) in [5.41, 5.74) is -0.709. The maximum Gasteiger partial charge on any atom is 0.313 e. The number of halogens is 1. The fourth-order valence-electron chi connectivity index (χ4n) is 3.39. The molecule has 0 aromatic heterocycles. The van der Waals surface area contributed by atoms with Crippen LogP contribution in [0.25, 0.3) is 0 Å². The van der Waals surface area contributed by atoms with Crippen molar-refractivity contribution in [2.75, 3.05) is 20.2 Å². The van der Waals surface area contributed by atoms with E-state index in [1.54, 1.807) is 18.2 Å². The number of piperidine rings is 1. The van der Waals surface area contributed by atoms with Crippen LogP contribution in [0, 0.1) is 11.2 Å². The standard InChI is InChI=1S/C17H24FNO4/c1-3-8-17(16(21)22)11-19(9-7-14(17)20)10-12-5-4-6-13(23-2)15(12)18/h4-6,14,20H,3,7-11H2,1-2H3,(H,21,22)/t14-,17-/m1/s1. The lowest BCUT2D eigenvalue weighted by Crippen LogP contribution is -2.55. The van der Waals surface area contributed by atoms with E-state index in [1.165, 1.54) is 7.11 Å². The highest BCUT2D eigenvalue weighted by molar-refractivity contribution is 5.76. The van der Waals surface area contributed by atoms with Crippen LogP contribution in [0.5, 0.6) is 5.75 Å². The quantitative estimate of drug-likeness (QED) is 0.840. The molecule has 128 valence electrons. The zero-order chi connectivity index (χ0) is 17.0. The van der Waals surface area contributed by atoms with E-state index in [-0.39, 0.29) is 12.3 Å². The smallest absolute Gasteiger partial charge is 0.313 e. The van der Waals surface area contributed by atoms with Crippen LogP contribution >= 0.6 is 0 Å². The lowest BCUT2D eigenvalue weighted by Gasteiger charge is -2.43. The molecule has 1 aromatic carbocycles. The van der Waals surface area contributed by atoms with Gasteiger partial charge in [-0.1, -0.05) is 25.5 Å². The van der Waals surface area contributed by atoms with Crippen LogP contribution in [0.4, 0.5) is 4.39 Å². The second kappa shape index (κ2) is 7.27. The molecule has 1 fully saturated rings. The summed E-state index contributed by atoms with van der Waals surface area (Å²) in [5.74, 6) is -1.22. The molecule has 0 spiro atoms. The molecule has 1 saturated heterocycles. The highest BCUT2D eigenvalue weighted by atomic mass is 19.1. The van der Waals surface area contributed by atoms with Gasteiger partial charge in [0.2, 0.25) is 0 Å². The van der Waals surface area contributed by atoms with Gasteiger partial charge in [-0.3, -0.25) is 9.69 Å². The SMILES string of the molecule is CCC[C@@]1(C(=O)O)CN(Cc2cccc(OC)c2F)CC[C@H]1O. The summed E-state index contributed by atoms with van der Waals surface area (Å²) in [6.07, 6.45) is 0.579. The zero-order valence-electron chi connectivity index (χ0n) is 13.6. The van der Waals surface area contributed by atoms with Crippen molar-refractivity contribution in [2.24, 2.45) is 5.41 Å². The molecule has 0 aliphatic carbocycles. The van der Waals surface area contributed by atoms with Crippen LogP contribution in [0.3, 0.4) is 0 Å². The van der Waals surface area contributed by atoms with Crippen LogP contribution in [-0.4, -0.2) is 47.4 Å². The number of carboxylic acid groups (broad SMARTS) is 1. The Hall–Kier alpha value is -1.66. The molecule has 0 unspecified atom stereocenters. The van der Waals surface area contributed by atoms with E-state index in [0.717, 1.165) is 0 Å². The Kier molecular flexibility index (Phi) is 5.59. The number of ether oxygens (including phenoxy) is 1. The molecule has 5 nitrogen and oxygen atoms in total. The first-order valence-corrected chi connectivity index (χ1v) is 7.89. The van der Waals surface area contributed by atoms with E-state index < -0.39 is 23.3 Å². The average molecular weight is 325 g/mol. The van der Waals surface area contributed by atoms with Crippen molar-refractivity contribution in [3.63, 3.8) is 0 Å². The molecule has 2 N–H and O–H groups in total. The molecule has 23 heavy (non-hydrogen) atoms. The number of benzene rings is 1. The van der Waals surface area contributed by atoms with E-state index >= 15 is 0 Å². The van der Waals surface area contributed by atoms with Crippen LogP contribution in [0.1, 0.15) is 31.7 Å². The van der Waals surface area contributed by atoms with Gasteiger partial charge in [0.1, 0.15) is 5.41 Å². The summed E-state index contributed by atoms with van der Waals surface area (Å²) in [7, 11) is 1.41. The molecule has 6 heteroatoms. The molecule has 0 saturated carbocycles. The van der Waals surface area contributed by atoms with Gasteiger partial charge in [-0.25, -0.2) is 4.39 Å². The topological polar surface area (TPSA) is 70.0 Å². The number of nitrogens with zero attached hydrogens (tertiary/aromatic N) is 1. The summed E-state index contributed by atoms with van der Waals surface area (Å²) in [4.78, 5) is 13.7. The summed E-state index contributed by atoms with van der Waals surface area (Å²) < 4.78 is 19.3. The van der Waals surface area contributed by atoms with Gasteiger partial charge in [0, 0.05) is 25.2 Å². The highest BCUT2D eigenvalue weighted by Gasteiger charge is 2.48. The number of hydrogen-bond acceptors (Lipinski definition) is 4. The minimum Gasteiger partial charge on any atom is -0.494 e. The van der Waals surface area contributed by atoms with Crippen molar-refractivity contribution >= 4 is 5.97 Å². The number of aliphatic hydroxyl groups is 1. The number of carbonyl (C=O) groups is 1. The first-order valence-electron chi connectivity index (χ1n) is 7.89. The maximum absolute atomic E-state index is 14.3. The molecule has 2 rings (SSSR count).